The summed E-state index contributed by atoms with van der Waals surface area (Å²) in [6.45, 7) is 22.5. The Hall–Kier alpha value is -1.04. The van der Waals surface area contributed by atoms with Gasteiger partial charge in [0, 0.05) is 0 Å². The summed E-state index contributed by atoms with van der Waals surface area (Å²) in [6, 6.07) is 0. The predicted molar refractivity (Wildman–Crippen MR) is 164 cm³/mol. The lowest BCUT2D eigenvalue weighted by atomic mass is 9.60. The summed E-state index contributed by atoms with van der Waals surface area (Å²) < 4.78 is 0. The van der Waals surface area contributed by atoms with Crippen LogP contribution in [0.2, 0.25) is 0 Å². The van der Waals surface area contributed by atoms with Crippen LogP contribution in [0.15, 0.2) is 47.6 Å². The third kappa shape index (κ3) is 4.29. The zero-order valence-electron chi connectivity index (χ0n) is 26.3. The third-order valence-electron chi connectivity index (χ3n) is 13.0. The lowest BCUT2D eigenvalue weighted by Gasteiger charge is -2.45. The Morgan fingerprint density at radius 1 is 0.632 bits per heavy atom. The molecule has 0 spiro atoms. The molecular formula is C38H58. The van der Waals surface area contributed by atoms with E-state index in [1.165, 1.54) is 51.4 Å². The predicted octanol–water partition coefficient (Wildman–Crippen LogP) is 10.8. The van der Waals surface area contributed by atoms with Crippen LogP contribution in [0.25, 0.3) is 0 Å². The maximum Gasteiger partial charge on any atom is -0.00924 e. The fourth-order valence-corrected chi connectivity index (χ4v) is 11.3. The highest BCUT2D eigenvalue weighted by Gasteiger charge is 2.65. The number of hydrogen-bond acceptors (Lipinski definition) is 0. The Bertz CT molecular complexity index is 989. The summed E-state index contributed by atoms with van der Waals surface area (Å²) in [7, 11) is 0. The first-order chi connectivity index (χ1) is 17.7. The summed E-state index contributed by atoms with van der Waals surface area (Å²) >= 11 is 0. The van der Waals surface area contributed by atoms with Crippen molar-refractivity contribution < 1.29 is 0 Å². The number of rotatable bonds is 2. The molecule has 6 aliphatic rings. The fraction of sp³-hybridized carbons (Fsp3) is 0.789. The van der Waals surface area contributed by atoms with Gasteiger partial charge in [-0.1, -0.05) is 131 Å². The number of allylic oxidation sites excluding steroid dienone is 8. The van der Waals surface area contributed by atoms with Crippen LogP contribution >= 0.6 is 0 Å². The van der Waals surface area contributed by atoms with Crippen molar-refractivity contribution in [2.24, 2.45) is 74.9 Å². The minimum Gasteiger partial charge on any atom is -0.0802 e. The molecule has 0 saturated heterocycles. The Morgan fingerprint density at radius 2 is 1.13 bits per heavy atom. The standard InChI is InChI=1S/C38H58/c1-35(2,3)26-15-17-28-30(21-26)31-22-27(36(4,5)6)16-18-29(31)34(28)38(9)23-37(7,8)32-19-25(20-33(32)38)24-13-11-10-12-14-24/h15-18,21-22,24-25,28-34H,10-14,19-20,23H2,1-9H3. The molecule has 210 valence electrons. The van der Waals surface area contributed by atoms with Gasteiger partial charge in [0.15, 0.2) is 0 Å². The van der Waals surface area contributed by atoms with E-state index in [4.69, 9.17) is 0 Å². The molecule has 6 rings (SSSR count). The molecule has 0 amide bonds. The fourth-order valence-electron chi connectivity index (χ4n) is 11.3. The van der Waals surface area contributed by atoms with Crippen molar-refractivity contribution in [2.45, 2.75) is 114 Å². The molecule has 0 nitrogen and oxygen atoms in total. The van der Waals surface area contributed by atoms with E-state index < -0.39 is 0 Å². The average molecular weight is 515 g/mol. The average Bonchev–Trinajstić information content (AvgIpc) is 3.48. The first kappa shape index (κ1) is 27.1. The molecule has 0 aromatic heterocycles. The summed E-state index contributed by atoms with van der Waals surface area (Å²) in [5.74, 6) is 7.31. The van der Waals surface area contributed by atoms with Gasteiger partial charge in [-0.25, -0.2) is 0 Å². The van der Waals surface area contributed by atoms with Crippen LogP contribution in [-0.4, -0.2) is 0 Å². The highest BCUT2D eigenvalue weighted by atomic mass is 14.7. The van der Waals surface area contributed by atoms with Gasteiger partial charge in [-0.3, -0.25) is 0 Å². The van der Waals surface area contributed by atoms with E-state index in [-0.39, 0.29) is 10.8 Å². The molecule has 4 saturated carbocycles. The van der Waals surface area contributed by atoms with Crippen LogP contribution in [0.5, 0.6) is 0 Å². The summed E-state index contributed by atoms with van der Waals surface area (Å²) in [6.07, 6.45) is 28.0. The molecule has 38 heavy (non-hydrogen) atoms. The van der Waals surface area contributed by atoms with E-state index in [9.17, 15) is 0 Å². The maximum absolute atomic E-state index is 2.79. The molecule has 0 aromatic carbocycles. The smallest absolute Gasteiger partial charge is 0.00924 e. The van der Waals surface area contributed by atoms with Gasteiger partial charge in [-0.15, -0.1) is 0 Å². The van der Waals surface area contributed by atoms with Gasteiger partial charge in [0.25, 0.3) is 0 Å². The molecule has 0 aromatic rings. The zero-order chi connectivity index (χ0) is 27.3. The zero-order valence-corrected chi connectivity index (χ0v) is 26.3. The van der Waals surface area contributed by atoms with Crippen LogP contribution < -0.4 is 0 Å². The van der Waals surface area contributed by atoms with Gasteiger partial charge in [0.05, 0.1) is 0 Å². The van der Waals surface area contributed by atoms with Crippen LogP contribution in [0.1, 0.15) is 114 Å². The molecule has 0 aliphatic heterocycles. The molecule has 8 atom stereocenters. The van der Waals surface area contributed by atoms with E-state index in [2.05, 4.69) is 98.8 Å². The van der Waals surface area contributed by atoms with Gasteiger partial charge >= 0.3 is 0 Å². The minimum absolute atomic E-state index is 0.221. The number of fused-ring (bicyclic) bond motifs is 4. The van der Waals surface area contributed by atoms with Gasteiger partial charge in [0.2, 0.25) is 0 Å². The lowest BCUT2D eigenvalue weighted by molar-refractivity contribution is 0.0620. The highest BCUT2D eigenvalue weighted by Crippen LogP contribution is 2.72. The molecule has 8 unspecified atom stereocenters. The first-order valence-corrected chi connectivity index (χ1v) is 16.5. The van der Waals surface area contributed by atoms with E-state index >= 15 is 0 Å². The summed E-state index contributed by atoms with van der Waals surface area (Å²) in [5, 5.41) is 0. The largest absolute Gasteiger partial charge is 0.0802 e. The lowest BCUT2D eigenvalue weighted by Crippen LogP contribution is -2.39. The van der Waals surface area contributed by atoms with Crippen molar-refractivity contribution in [2.75, 3.05) is 0 Å². The molecule has 0 heterocycles. The van der Waals surface area contributed by atoms with E-state index in [0.717, 1.165) is 29.6 Å². The van der Waals surface area contributed by atoms with Gasteiger partial charge in [-0.05, 0) is 105 Å². The molecule has 0 radical (unpaired) electrons. The van der Waals surface area contributed by atoms with Crippen molar-refractivity contribution in [1.29, 1.82) is 0 Å². The normalized spacial score (nSPS) is 44.4. The van der Waals surface area contributed by atoms with E-state index in [0.29, 0.717) is 34.5 Å². The molecule has 6 aliphatic carbocycles. The van der Waals surface area contributed by atoms with Crippen LogP contribution in [0.4, 0.5) is 0 Å². The van der Waals surface area contributed by atoms with Crippen LogP contribution in [-0.2, 0) is 0 Å². The van der Waals surface area contributed by atoms with Crippen molar-refractivity contribution in [3.8, 4) is 0 Å². The second kappa shape index (κ2) is 8.98. The molecule has 0 N–H and O–H groups in total. The SMILES string of the molecule is CC(C)(C)C1=CC2C3C=C(C(C)(C)C)C=CC3C(C3(C)CC(C)(C)C4CC(C5CCCCC5)CC43)C2C=C1. The second-order valence-electron chi connectivity index (χ2n) is 17.8. The van der Waals surface area contributed by atoms with E-state index in [1.54, 1.807) is 11.1 Å². The van der Waals surface area contributed by atoms with Crippen molar-refractivity contribution in [1.82, 2.24) is 0 Å². The van der Waals surface area contributed by atoms with Gasteiger partial charge in [0.1, 0.15) is 0 Å². The molecule has 0 heteroatoms. The third-order valence-corrected chi connectivity index (χ3v) is 13.0. The van der Waals surface area contributed by atoms with Crippen molar-refractivity contribution >= 4 is 0 Å². The Balaban J connectivity index is 1.38. The molecular weight excluding hydrogens is 456 g/mol. The van der Waals surface area contributed by atoms with Crippen molar-refractivity contribution in [3.63, 3.8) is 0 Å². The monoisotopic (exact) mass is 514 g/mol. The van der Waals surface area contributed by atoms with Gasteiger partial charge < -0.3 is 0 Å². The first-order valence-electron chi connectivity index (χ1n) is 16.5. The van der Waals surface area contributed by atoms with Crippen molar-refractivity contribution in [3.05, 3.63) is 47.6 Å². The van der Waals surface area contributed by atoms with Crippen LogP contribution in [0, 0.1) is 74.9 Å². The Kier molecular flexibility index (Phi) is 6.41. The second-order valence-corrected chi connectivity index (χ2v) is 17.8. The topological polar surface area (TPSA) is 0 Å². The van der Waals surface area contributed by atoms with Crippen LogP contribution in [0.3, 0.4) is 0 Å². The summed E-state index contributed by atoms with van der Waals surface area (Å²) in [4.78, 5) is 0. The Labute approximate surface area is 235 Å². The minimum atomic E-state index is 0.221. The molecule has 4 fully saturated rings. The maximum atomic E-state index is 2.79. The quantitative estimate of drug-likeness (QED) is 0.344. The molecule has 0 bridgehead atoms. The highest BCUT2D eigenvalue weighted by molar-refractivity contribution is 5.40. The summed E-state index contributed by atoms with van der Waals surface area (Å²) in [5.41, 5.74) is 4.48. The Morgan fingerprint density at radius 3 is 1.63 bits per heavy atom. The van der Waals surface area contributed by atoms with E-state index in [1.807, 2.05) is 0 Å². The van der Waals surface area contributed by atoms with Gasteiger partial charge in [-0.2, -0.15) is 0 Å². The number of hydrogen-bond donors (Lipinski definition) is 0.